The average Bonchev–Trinajstić information content (AvgIpc) is 2.62. The summed E-state index contributed by atoms with van der Waals surface area (Å²) >= 11 is 0. The molecule has 0 aliphatic heterocycles. The van der Waals surface area contributed by atoms with Crippen LogP contribution in [0.2, 0.25) is 0 Å². The van der Waals surface area contributed by atoms with Crippen LogP contribution in [0.25, 0.3) is 10.8 Å². The van der Waals surface area contributed by atoms with Crippen LogP contribution < -0.4 is 5.32 Å². The van der Waals surface area contributed by atoms with Crippen molar-refractivity contribution in [3.05, 3.63) is 77.6 Å². The molecular weight excluding hydrogens is 321 g/mol. The van der Waals surface area contributed by atoms with Gasteiger partial charge in [0.1, 0.15) is 5.82 Å². The Balaban J connectivity index is 1.76. The van der Waals surface area contributed by atoms with E-state index in [2.05, 4.69) is 10.1 Å². The minimum Gasteiger partial charge on any atom is -0.465 e. The van der Waals surface area contributed by atoms with Gasteiger partial charge >= 0.3 is 5.97 Å². The third-order valence-corrected chi connectivity index (χ3v) is 3.84. The molecule has 0 aliphatic rings. The minimum atomic E-state index is -0.612. The number of rotatable bonds is 4. The lowest BCUT2D eigenvalue weighted by molar-refractivity contribution is -0.115. The maximum Gasteiger partial charge on any atom is 0.337 e. The van der Waals surface area contributed by atoms with Crippen molar-refractivity contribution < 1.29 is 18.7 Å². The van der Waals surface area contributed by atoms with Crippen molar-refractivity contribution in [2.45, 2.75) is 6.42 Å². The zero-order valence-corrected chi connectivity index (χ0v) is 13.6. The van der Waals surface area contributed by atoms with Crippen LogP contribution in [0.4, 0.5) is 10.1 Å². The molecule has 3 aromatic carbocycles. The quantitative estimate of drug-likeness (QED) is 0.734. The molecule has 126 valence electrons. The minimum absolute atomic E-state index is 0.0475. The van der Waals surface area contributed by atoms with E-state index in [-0.39, 0.29) is 23.6 Å². The molecule has 0 radical (unpaired) electrons. The maximum absolute atomic E-state index is 13.9. The number of benzene rings is 3. The van der Waals surface area contributed by atoms with Gasteiger partial charge in [-0.1, -0.05) is 42.5 Å². The summed E-state index contributed by atoms with van der Waals surface area (Å²) in [6, 6.07) is 17.3. The molecule has 1 N–H and O–H groups in total. The zero-order valence-electron chi connectivity index (χ0n) is 13.6. The summed E-state index contributed by atoms with van der Waals surface area (Å²) in [6.45, 7) is 0. The Morgan fingerprint density at radius 1 is 1.00 bits per heavy atom. The smallest absolute Gasteiger partial charge is 0.337 e. The average molecular weight is 337 g/mol. The summed E-state index contributed by atoms with van der Waals surface area (Å²) in [5.41, 5.74) is 0.944. The lowest BCUT2D eigenvalue weighted by Crippen LogP contribution is -2.16. The number of hydrogen-bond donors (Lipinski definition) is 1. The molecule has 1 amide bonds. The van der Waals surface area contributed by atoms with E-state index in [0.29, 0.717) is 0 Å². The Morgan fingerprint density at radius 2 is 1.76 bits per heavy atom. The second kappa shape index (κ2) is 7.13. The number of amides is 1. The van der Waals surface area contributed by atoms with Gasteiger partial charge in [0.2, 0.25) is 5.91 Å². The lowest BCUT2D eigenvalue weighted by Gasteiger charge is -2.09. The fraction of sp³-hybridized carbons (Fsp3) is 0.100. The monoisotopic (exact) mass is 337 g/mol. The summed E-state index contributed by atoms with van der Waals surface area (Å²) in [5, 5.41) is 4.62. The highest BCUT2D eigenvalue weighted by Gasteiger charge is 2.12. The van der Waals surface area contributed by atoms with Crippen LogP contribution in [0, 0.1) is 5.82 Å². The Bertz CT molecular complexity index is 953. The number of methoxy groups -OCH3 is 1. The molecule has 3 rings (SSSR count). The molecule has 0 aliphatic carbocycles. The Kier molecular flexibility index (Phi) is 4.75. The van der Waals surface area contributed by atoms with Gasteiger partial charge in [-0.25, -0.2) is 9.18 Å². The Morgan fingerprint density at radius 3 is 2.52 bits per heavy atom. The summed E-state index contributed by atoms with van der Waals surface area (Å²) in [4.78, 5) is 23.7. The highest BCUT2D eigenvalue weighted by Crippen LogP contribution is 2.19. The number of nitrogens with one attached hydrogen (secondary N) is 1. The second-order valence-electron chi connectivity index (χ2n) is 5.59. The van der Waals surface area contributed by atoms with Crippen LogP contribution >= 0.6 is 0 Å². The van der Waals surface area contributed by atoms with Gasteiger partial charge in [0, 0.05) is 0 Å². The highest BCUT2D eigenvalue weighted by molar-refractivity contribution is 5.96. The SMILES string of the molecule is COC(=O)c1ccc(F)c(NC(=O)Cc2ccc3ccccc3c2)c1. The van der Waals surface area contributed by atoms with Gasteiger partial charge in [-0.3, -0.25) is 4.79 Å². The summed E-state index contributed by atoms with van der Waals surface area (Å²) < 4.78 is 18.5. The second-order valence-corrected chi connectivity index (χ2v) is 5.59. The van der Waals surface area contributed by atoms with E-state index in [1.165, 1.54) is 19.2 Å². The predicted octanol–water partition coefficient (Wildman–Crippen LogP) is 3.95. The van der Waals surface area contributed by atoms with Crippen molar-refractivity contribution in [2.75, 3.05) is 12.4 Å². The molecule has 0 saturated carbocycles. The molecule has 25 heavy (non-hydrogen) atoms. The van der Waals surface area contributed by atoms with E-state index < -0.39 is 11.8 Å². The van der Waals surface area contributed by atoms with E-state index >= 15 is 0 Å². The van der Waals surface area contributed by atoms with Gasteiger partial charge in [0.15, 0.2) is 0 Å². The Hall–Kier alpha value is -3.21. The number of hydrogen-bond acceptors (Lipinski definition) is 3. The molecule has 0 spiro atoms. The van der Waals surface area contributed by atoms with Crippen molar-refractivity contribution in [3.8, 4) is 0 Å². The van der Waals surface area contributed by atoms with E-state index in [1.807, 2.05) is 42.5 Å². The maximum atomic E-state index is 13.9. The van der Waals surface area contributed by atoms with Crippen LogP contribution in [-0.4, -0.2) is 19.0 Å². The number of fused-ring (bicyclic) bond motifs is 1. The van der Waals surface area contributed by atoms with Crippen LogP contribution in [0.3, 0.4) is 0 Å². The number of ether oxygens (including phenoxy) is 1. The lowest BCUT2D eigenvalue weighted by atomic mass is 10.0. The number of carbonyl (C=O) groups is 2. The fourth-order valence-electron chi connectivity index (χ4n) is 2.59. The first-order valence-corrected chi connectivity index (χ1v) is 7.72. The van der Waals surface area contributed by atoms with E-state index in [0.717, 1.165) is 22.4 Å². The number of halogens is 1. The van der Waals surface area contributed by atoms with Crippen LogP contribution in [0.1, 0.15) is 15.9 Å². The number of anilines is 1. The predicted molar refractivity (Wildman–Crippen MR) is 94.0 cm³/mol. The van der Waals surface area contributed by atoms with Gasteiger partial charge in [0.05, 0.1) is 24.8 Å². The van der Waals surface area contributed by atoms with Gasteiger partial charge < -0.3 is 10.1 Å². The molecule has 0 bridgehead atoms. The molecule has 3 aromatic rings. The van der Waals surface area contributed by atoms with Crippen LogP contribution in [0.15, 0.2) is 60.7 Å². The van der Waals surface area contributed by atoms with Crippen molar-refractivity contribution in [2.24, 2.45) is 0 Å². The van der Waals surface area contributed by atoms with Gasteiger partial charge in [-0.15, -0.1) is 0 Å². The molecule has 4 nitrogen and oxygen atoms in total. The highest BCUT2D eigenvalue weighted by atomic mass is 19.1. The van der Waals surface area contributed by atoms with Crippen molar-refractivity contribution >= 4 is 28.3 Å². The molecule has 0 aromatic heterocycles. The molecule has 5 heteroatoms. The van der Waals surface area contributed by atoms with Crippen molar-refractivity contribution in [3.63, 3.8) is 0 Å². The summed E-state index contributed by atoms with van der Waals surface area (Å²) in [7, 11) is 1.24. The molecule has 0 heterocycles. The topological polar surface area (TPSA) is 55.4 Å². The fourth-order valence-corrected chi connectivity index (χ4v) is 2.59. The van der Waals surface area contributed by atoms with Crippen molar-refractivity contribution in [1.29, 1.82) is 0 Å². The molecule has 0 fully saturated rings. The molecule has 0 saturated heterocycles. The molecule has 0 atom stereocenters. The normalized spacial score (nSPS) is 10.5. The molecule has 0 unspecified atom stereocenters. The number of esters is 1. The van der Waals surface area contributed by atoms with Gasteiger partial charge in [0.25, 0.3) is 0 Å². The standard InChI is InChI=1S/C20H16FNO3/c1-25-20(24)16-8-9-17(21)18(12-16)22-19(23)11-13-6-7-14-4-2-3-5-15(14)10-13/h2-10,12H,11H2,1H3,(H,22,23). The molecular formula is C20H16FNO3. The summed E-state index contributed by atoms with van der Waals surface area (Å²) in [5.74, 6) is -1.57. The van der Waals surface area contributed by atoms with Gasteiger partial charge in [-0.05, 0) is 34.5 Å². The largest absolute Gasteiger partial charge is 0.465 e. The third kappa shape index (κ3) is 3.83. The summed E-state index contributed by atoms with van der Waals surface area (Å²) in [6.07, 6.45) is 0.104. The van der Waals surface area contributed by atoms with E-state index in [4.69, 9.17) is 0 Å². The Labute approximate surface area is 144 Å². The first kappa shape index (κ1) is 16.6. The first-order chi connectivity index (χ1) is 12.1. The van der Waals surface area contributed by atoms with Crippen molar-refractivity contribution in [1.82, 2.24) is 0 Å². The van der Waals surface area contributed by atoms with Crippen LogP contribution in [-0.2, 0) is 16.0 Å². The van der Waals surface area contributed by atoms with Gasteiger partial charge in [-0.2, -0.15) is 0 Å². The number of carbonyl (C=O) groups excluding carboxylic acids is 2. The van der Waals surface area contributed by atoms with E-state index in [1.54, 1.807) is 0 Å². The van der Waals surface area contributed by atoms with Crippen LogP contribution in [0.5, 0.6) is 0 Å². The zero-order chi connectivity index (χ0) is 17.8. The van der Waals surface area contributed by atoms with E-state index in [9.17, 15) is 14.0 Å². The third-order valence-electron chi connectivity index (χ3n) is 3.84. The first-order valence-electron chi connectivity index (χ1n) is 7.72.